The second-order valence-corrected chi connectivity index (χ2v) is 24.8. The molecule has 0 aromatic heterocycles. The minimum Gasteiger partial charge on any atom is -0.496 e. The van der Waals surface area contributed by atoms with Crippen LogP contribution in [-0.4, -0.2) is 81.9 Å². The third-order valence-electron chi connectivity index (χ3n) is 16.8. The summed E-state index contributed by atoms with van der Waals surface area (Å²) in [6.45, 7) is 12.1. The summed E-state index contributed by atoms with van der Waals surface area (Å²) in [5.41, 5.74) is 3.02. The van der Waals surface area contributed by atoms with Gasteiger partial charge in [0.25, 0.3) is 0 Å². The average molecular weight is 1230 g/mol. The summed E-state index contributed by atoms with van der Waals surface area (Å²) < 4.78 is 44.3. The Morgan fingerprint density at radius 3 is 1.47 bits per heavy atom. The van der Waals surface area contributed by atoms with Gasteiger partial charge >= 0.3 is 41.8 Å². The van der Waals surface area contributed by atoms with Crippen LogP contribution in [0.25, 0.3) is 0 Å². The highest BCUT2D eigenvalue weighted by Crippen LogP contribution is 2.43. The lowest BCUT2D eigenvalue weighted by molar-refractivity contribution is -0.167. The van der Waals surface area contributed by atoms with Crippen molar-refractivity contribution < 1.29 is 71.5 Å². The molecule has 1 aromatic rings. The van der Waals surface area contributed by atoms with Crippen LogP contribution in [0.2, 0.25) is 0 Å². The summed E-state index contributed by atoms with van der Waals surface area (Å²) in [7, 11) is 2.87. The third kappa shape index (κ3) is 37.6. The van der Waals surface area contributed by atoms with E-state index >= 15 is 0 Å². The van der Waals surface area contributed by atoms with Crippen molar-refractivity contribution in [2.45, 2.75) is 324 Å². The van der Waals surface area contributed by atoms with Gasteiger partial charge in [0.2, 0.25) is 0 Å². The van der Waals surface area contributed by atoms with E-state index < -0.39 is 24.0 Å². The van der Waals surface area contributed by atoms with Crippen molar-refractivity contribution in [1.29, 1.82) is 0 Å². The van der Waals surface area contributed by atoms with E-state index in [-0.39, 0.29) is 92.7 Å². The van der Waals surface area contributed by atoms with Gasteiger partial charge in [0.1, 0.15) is 31.1 Å². The SMILES string of the molecule is CCCCCCCCCCCCCCCC(=O)OCC(COC(=O)CCCCCCCCCCCCCCC)OC(=O)CC(C)CCCCCCCC(C)C(=O)OCCCCC(=O)Oc1c(C/C=C(\C)CCC(=O)OC)c(OC)c(C)c2c1C(=O)OC2. The fraction of sp³-hybridized carbons (Fsp3) is 0.792. The van der Waals surface area contributed by atoms with Gasteiger partial charge in [-0.1, -0.05) is 232 Å². The number of hydrogen-bond acceptors (Lipinski definition) is 15. The number of methoxy groups -OCH3 is 2. The molecule has 0 spiro atoms. The molecule has 1 aliphatic rings. The molecular weight excluding hydrogens is 1100 g/mol. The van der Waals surface area contributed by atoms with E-state index in [1.807, 2.05) is 33.8 Å². The summed E-state index contributed by atoms with van der Waals surface area (Å²) in [6.07, 6.45) is 41.9. The zero-order valence-corrected chi connectivity index (χ0v) is 56.0. The molecule has 0 saturated heterocycles. The van der Waals surface area contributed by atoms with Crippen LogP contribution in [-0.2, 0) is 70.2 Å². The fourth-order valence-electron chi connectivity index (χ4n) is 11.2. The van der Waals surface area contributed by atoms with E-state index in [1.54, 1.807) is 0 Å². The molecule has 1 aliphatic heterocycles. The van der Waals surface area contributed by atoms with Crippen LogP contribution >= 0.6 is 0 Å². The van der Waals surface area contributed by atoms with Crippen molar-refractivity contribution in [2.75, 3.05) is 34.0 Å². The summed E-state index contributed by atoms with van der Waals surface area (Å²) in [4.78, 5) is 89.4. The van der Waals surface area contributed by atoms with Crippen molar-refractivity contribution in [2.24, 2.45) is 11.8 Å². The highest BCUT2D eigenvalue weighted by Gasteiger charge is 2.34. The lowest BCUT2D eigenvalue weighted by Crippen LogP contribution is -2.31. The molecule has 0 aliphatic carbocycles. The summed E-state index contributed by atoms with van der Waals surface area (Å²) in [5, 5.41) is 0. The maximum atomic E-state index is 13.2. The highest BCUT2D eigenvalue weighted by atomic mass is 16.6. The van der Waals surface area contributed by atoms with Crippen LogP contribution in [0.1, 0.15) is 325 Å². The molecular formula is C72H120O15. The molecule has 2 atom stereocenters. The quantitative estimate of drug-likeness (QED) is 0.0196. The maximum absolute atomic E-state index is 13.2. The molecule has 2 rings (SSSR count). The molecule has 2 unspecified atom stereocenters. The normalized spacial score (nSPS) is 12.8. The first kappa shape index (κ1) is 78.1. The third-order valence-corrected chi connectivity index (χ3v) is 16.8. The van der Waals surface area contributed by atoms with Crippen LogP contribution in [0.15, 0.2) is 11.6 Å². The summed E-state index contributed by atoms with van der Waals surface area (Å²) in [5.74, 6) is -2.30. The molecule has 498 valence electrons. The van der Waals surface area contributed by atoms with Crippen LogP contribution in [0.5, 0.6) is 11.5 Å². The Balaban J connectivity index is 1.71. The largest absolute Gasteiger partial charge is 0.496 e. The van der Waals surface area contributed by atoms with Gasteiger partial charge in [-0.05, 0) is 70.3 Å². The van der Waals surface area contributed by atoms with Gasteiger partial charge in [-0.25, -0.2) is 4.79 Å². The average Bonchev–Trinajstić information content (AvgIpc) is 1.82. The minimum atomic E-state index is -0.861. The van der Waals surface area contributed by atoms with E-state index in [0.29, 0.717) is 61.8 Å². The van der Waals surface area contributed by atoms with Gasteiger partial charge in [0, 0.05) is 43.2 Å². The number of rotatable bonds is 56. The summed E-state index contributed by atoms with van der Waals surface area (Å²) in [6, 6.07) is 0. The first-order valence-electron chi connectivity index (χ1n) is 34.6. The number of fused-ring (bicyclic) bond motifs is 1. The number of carbonyl (C=O) groups excluding carboxylic acids is 7. The van der Waals surface area contributed by atoms with Crippen molar-refractivity contribution in [3.05, 3.63) is 33.9 Å². The Bertz CT molecular complexity index is 2070. The number of carbonyl (C=O) groups is 7. The number of allylic oxidation sites excluding steroid dienone is 2. The molecule has 0 amide bonds. The molecule has 0 N–H and O–H groups in total. The van der Waals surface area contributed by atoms with Gasteiger partial charge in [0.15, 0.2) is 11.9 Å². The number of unbranched alkanes of at least 4 members (excludes halogenated alkanes) is 29. The second-order valence-electron chi connectivity index (χ2n) is 24.8. The minimum absolute atomic E-state index is 0.0420. The van der Waals surface area contributed by atoms with Crippen LogP contribution in [0.3, 0.4) is 0 Å². The number of cyclic esters (lactones) is 1. The molecule has 0 fully saturated rings. The molecule has 0 radical (unpaired) electrons. The first-order chi connectivity index (χ1) is 42.1. The van der Waals surface area contributed by atoms with Gasteiger partial charge in [-0.15, -0.1) is 0 Å². The predicted octanol–water partition coefficient (Wildman–Crippen LogP) is 18.1. The standard InChI is InChI=1S/C72H120O15/c1-9-11-13-15-17-19-21-23-25-27-29-34-38-44-64(74)83-53-60(54-84-65(75)45-39-35-30-28-26-24-22-20-18-16-14-12-10-2)86-67(77)52-57(4)42-36-32-31-33-37-43-58(5)71(78)82-51-41-40-46-66(76)87-70-61(49-47-56(3)48-50-63(73)80-7)69(81-8)59(6)62-55-85-72(79)68(62)70/h47,57-58,60H,9-46,48-55H2,1-8H3/b56-47+. The topological polar surface area (TPSA) is 193 Å². The number of ether oxygens (including phenoxy) is 8. The first-order valence-corrected chi connectivity index (χ1v) is 34.6. The van der Waals surface area contributed by atoms with E-state index in [1.165, 1.54) is 143 Å². The molecule has 1 heterocycles. The van der Waals surface area contributed by atoms with Crippen LogP contribution in [0, 0.1) is 18.8 Å². The van der Waals surface area contributed by atoms with Crippen LogP contribution < -0.4 is 9.47 Å². The van der Waals surface area contributed by atoms with Crippen molar-refractivity contribution in [1.82, 2.24) is 0 Å². The second kappa shape index (κ2) is 50.9. The molecule has 15 heteroatoms. The van der Waals surface area contributed by atoms with Crippen molar-refractivity contribution in [3.63, 3.8) is 0 Å². The van der Waals surface area contributed by atoms with Crippen molar-refractivity contribution >= 4 is 41.8 Å². The fourth-order valence-corrected chi connectivity index (χ4v) is 11.2. The lowest BCUT2D eigenvalue weighted by atomic mass is 9.94. The Morgan fingerprint density at radius 1 is 0.517 bits per heavy atom. The number of hydrogen-bond donors (Lipinski definition) is 0. The van der Waals surface area contributed by atoms with Gasteiger partial charge in [0.05, 0.1) is 26.7 Å². The van der Waals surface area contributed by atoms with Gasteiger partial charge in [-0.2, -0.15) is 0 Å². The zero-order valence-electron chi connectivity index (χ0n) is 56.0. The Labute approximate surface area is 526 Å². The van der Waals surface area contributed by atoms with Gasteiger partial charge in [-0.3, -0.25) is 28.8 Å². The van der Waals surface area contributed by atoms with Crippen LogP contribution in [0.4, 0.5) is 0 Å². The predicted molar refractivity (Wildman–Crippen MR) is 344 cm³/mol. The van der Waals surface area contributed by atoms with E-state index in [9.17, 15) is 33.6 Å². The molecule has 87 heavy (non-hydrogen) atoms. The molecule has 0 bridgehead atoms. The zero-order chi connectivity index (χ0) is 63.7. The van der Waals surface area contributed by atoms with E-state index in [4.69, 9.17) is 37.9 Å². The molecule has 15 nitrogen and oxygen atoms in total. The van der Waals surface area contributed by atoms with E-state index in [2.05, 4.69) is 13.8 Å². The van der Waals surface area contributed by atoms with Gasteiger partial charge < -0.3 is 37.9 Å². The lowest BCUT2D eigenvalue weighted by Gasteiger charge is -2.19. The Hall–Kier alpha value is -4.95. The van der Waals surface area contributed by atoms with E-state index in [0.717, 1.165) is 88.2 Å². The maximum Gasteiger partial charge on any atom is 0.342 e. The molecule has 0 saturated carbocycles. The van der Waals surface area contributed by atoms with Crippen molar-refractivity contribution in [3.8, 4) is 11.5 Å². The Kier molecular flexibility index (Phi) is 45.7. The number of esters is 7. The highest BCUT2D eigenvalue weighted by molar-refractivity contribution is 5.99. The number of benzene rings is 1. The smallest absolute Gasteiger partial charge is 0.342 e. The molecule has 1 aromatic carbocycles. The monoisotopic (exact) mass is 1220 g/mol. The summed E-state index contributed by atoms with van der Waals surface area (Å²) >= 11 is 0. The Morgan fingerprint density at radius 2 is 0.977 bits per heavy atom.